The van der Waals surface area contributed by atoms with Gasteiger partial charge < -0.3 is 35.3 Å². The van der Waals surface area contributed by atoms with Crippen LogP contribution in [0, 0.1) is 0 Å². The van der Waals surface area contributed by atoms with E-state index in [2.05, 4.69) is 44.8 Å². The van der Waals surface area contributed by atoms with Crippen molar-refractivity contribution in [3.63, 3.8) is 0 Å². The van der Waals surface area contributed by atoms with E-state index in [0.717, 1.165) is 94.4 Å². The molecular formula is C46H56N4O6. The van der Waals surface area contributed by atoms with Crippen LogP contribution in [0.15, 0.2) is 114 Å². The molecule has 0 saturated carbocycles. The van der Waals surface area contributed by atoms with Crippen molar-refractivity contribution in [2.45, 2.75) is 82.6 Å². The highest BCUT2D eigenvalue weighted by Crippen LogP contribution is 2.29. The average Bonchev–Trinajstić information content (AvgIpc) is 3.22. The molecule has 0 aliphatic carbocycles. The van der Waals surface area contributed by atoms with Gasteiger partial charge in [0.05, 0.1) is 24.3 Å². The summed E-state index contributed by atoms with van der Waals surface area (Å²) in [6.45, 7) is 4.55. The minimum absolute atomic E-state index is 0.0110. The van der Waals surface area contributed by atoms with E-state index in [1.54, 1.807) is 12.1 Å². The fourth-order valence-electron chi connectivity index (χ4n) is 7.44. The van der Waals surface area contributed by atoms with Gasteiger partial charge in [-0.15, -0.1) is 0 Å². The number of fused-ring (bicyclic) bond motifs is 1. The number of benzene rings is 4. The maximum Gasteiger partial charge on any atom is 0.408 e. The van der Waals surface area contributed by atoms with Crippen molar-refractivity contribution in [2.24, 2.45) is 0 Å². The first-order valence-corrected chi connectivity index (χ1v) is 20.2. The second-order valence-electron chi connectivity index (χ2n) is 14.8. The summed E-state index contributed by atoms with van der Waals surface area (Å²) in [6, 6.07) is 34.3. The normalized spacial score (nSPS) is 14.7. The lowest BCUT2D eigenvalue weighted by Crippen LogP contribution is -2.40. The van der Waals surface area contributed by atoms with Crippen LogP contribution in [0.1, 0.15) is 92.2 Å². The van der Waals surface area contributed by atoms with Crippen LogP contribution in [-0.2, 0) is 11.3 Å². The summed E-state index contributed by atoms with van der Waals surface area (Å²) in [5.41, 5.74) is 3.95. The van der Waals surface area contributed by atoms with Crippen molar-refractivity contribution in [1.29, 1.82) is 0 Å². The lowest BCUT2D eigenvalue weighted by atomic mass is 9.98. The third-order valence-electron chi connectivity index (χ3n) is 10.5. The lowest BCUT2D eigenvalue weighted by molar-refractivity contribution is 0.0476. The van der Waals surface area contributed by atoms with E-state index in [0.29, 0.717) is 29.6 Å². The molecule has 1 aliphatic heterocycles. The number of phenolic OH excluding ortho intramolecular Hbond substituents is 1. The number of H-pyrrole nitrogens is 1. The molecule has 1 amide bonds. The maximum absolute atomic E-state index is 13.2. The smallest absolute Gasteiger partial charge is 0.408 e. The molecule has 1 aliphatic rings. The Morgan fingerprint density at radius 3 is 2.27 bits per heavy atom. The van der Waals surface area contributed by atoms with Crippen LogP contribution in [0.3, 0.4) is 0 Å². The third-order valence-corrected chi connectivity index (χ3v) is 10.5. The predicted molar refractivity (Wildman–Crippen MR) is 221 cm³/mol. The minimum atomic E-state index is -0.746. The zero-order valence-electron chi connectivity index (χ0n) is 32.2. The molecule has 56 heavy (non-hydrogen) atoms. The van der Waals surface area contributed by atoms with E-state index >= 15 is 0 Å². The summed E-state index contributed by atoms with van der Waals surface area (Å²) in [5, 5.41) is 27.9. The van der Waals surface area contributed by atoms with E-state index < -0.39 is 12.2 Å². The van der Waals surface area contributed by atoms with Crippen molar-refractivity contribution in [3.05, 3.63) is 142 Å². The van der Waals surface area contributed by atoms with Crippen molar-refractivity contribution < 1.29 is 24.5 Å². The molecule has 1 aromatic heterocycles. The van der Waals surface area contributed by atoms with Crippen molar-refractivity contribution in [2.75, 3.05) is 32.8 Å². The first-order chi connectivity index (χ1) is 27.4. The van der Waals surface area contributed by atoms with Crippen LogP contribution < -0.4 is 20.9 Å². The highest BCUT2D eigenvalue weighted by atomic mass is 16.6. The number of aromatic amines is 1. The zero-order chi connectivity index (χ0) is 39.0. The van der Waals surface area contributed by atoms with Crippen LogP contribution >= 0.6 is 0 Å². The van der Waals surface area contributed by atoms with Gasteiger partial charge in [0.25, 0.3) is 0 Å². The SMILES string of the molecule is O=C(NC(c1ccccc1)c1cccc(OCCCCCCCCCNCC(O)c2ccc(O)c3[nH]c(=O)ccc23)c1)OC1CCN(Cc2ccccc2)CC1. The largest absolute Gasteiger partial charge is 0.506 e. The second-order valence-corrected chi connectivity index (χ2v) is 14.8. The molecule has 1 fully saturated rings. The number of alkyl carbamates (subject to hydrolysis) is 1. The Morgan fingerprint density at radius 1 is 0.804 bits per heavy atom. The number of likely N-dealkylation sites (tertiary alicyclic amines) is 1. The third kappa shape index (κ3) is 12.2. The van der Waals surface area contributed by atoms with Gasteiger partial charge in [-0.1, -0.05) is 111 Å². The zero-order valence-corrected chi connectivity index (χ0v) is 32.2. The molecule has 1 saturated heterocycles. The number of amides is 1. The number of carbonyl (C=O) groups is 1. The highest BCUT2D eigenvalue weighted by molar-refractivity contribution is 5.87. The number of aliphatic hydroxyl groups is 1. The molecule has 6 rings (SSSR count). The van der Waals surface area contributed by atoms with Crippen LogP contribution in [0.2, 0.25) is 0 Å². The first kappa shape index (κ1) is 40.5. The van der Waals surface area contributed by atoms with Gasteiger partial charge in [0.15, 0.2) is 0 Å². The Balaban J connectivity index is 0.857. The number of piperidine rings is 1. The summed E-state index contributed by atoms with van der Waals surface area (Å²) in [5.74, 6) is 0.777. The lowest BCUT2D eigenvalue weighted by Gasteiger charge is -2.32. The molecule has 4 aromatic carbocycles. The van der Waals surface area contributed by atoms with Gasteiger partial charge in [-0.3, -0.25) is 9.69 Å². The molecule has 296 valence electrons. The van der Waals surface area contributed by atoms with E-state index in [4.69, 9.17) is 9.47 Å². The summed E-state index contributed by atoms with van der Waals surface area (Å²) in [7, 11) is 0. The monoisotopic (exact) mass is 760 g/mol. The molecule has 10 heteroatoms. The van der Waals surface area contributed by atoms with Crippen LogP contribution in [-0.4, -0.2) is 65.1 Å². The number of nitrogens with one attached hydrogen (secondary N) is 3. The summed E-state index contributed by atoms with van der Waals surface area (Å²) >= 11 is 0. The van der Waals surface area contributed by atoms with Gasteiger partial charge in [0.2, 0.25) is 5.56 Å². The number of unbranched alkanes of at least 4 members (excludes halogenated alkanes) is 6. The molecule has 2 heterocycles. The van der Waals surface area contributed by atoms with Gasteiger partial charge >= 0.3 is 6.09 Å². The Bertz CT molecular complexity index is 2000. The number of pyridine rings is 1. The van der Waals surface area contributed by atoms with Crippen LogP contribution in [0.5, 0.6) is 11.5 Å². The van der Waals surface area contributed by atoms with Crippen LogP contribution in [0.4, 0.5) is 4.79 Å². The summed E-state index contributed by atoms with van der Waals surface area (Å²) < 4.78 is 12.1. The molecule has 5 N–H and O–H groups in total. The molecule has 10 nitrogen and oxygen atoms in total. The predicted octanol–water partition coefficient (Wildman–Crippen LogP) is 8.15. The molecule has 2 unspecified atom stereocenters. The van der Waals surface area contributed by atoms with Gasteiger partial charge in [0.1, 0.15) is 17.6 Å². The number of hydrogen-bond donors (Lipinski definition) is 5. The number of aromatic hydroxyl groups is 1. The van der Waals surface area contributed by atoms with E-state index in [1.165, 1.54) is 24.1 Å². The Morgan fingerprint density at radius 2 is 1.50 bits per heavy atom. The van der Waals surface area contributed by atoms with Gasteiger partial charge in [-0.2, -0.15) is 0 Å². The fraction of sp³-hybridized carbons (Fsp3) is 0.391. The average molecular weight is 761 g/mol. The number of aromatic nitrogens is 1. The second kappa shape index (κ2) is 21.2. The van der Waals surface area contributed by atoms with Gasteiger partial charge in [-0.05, 0) is 78.7 Å². The topological polar surface area (TPSA) is 136 Å². The van der Waals surface area contributed by atoms with Crippen molar-refractivity contribution in [3.8, 4) is 11.5 Å². The van der Waals surface area contributed by atoms with Gasteiger partial charge in [0, 0.05) is 37.6 Å². The van der Waals surface area contributed by atoms with Gasteiger partial charge in [-0.25, -0.2) is 4.79 Å². The molecule has 2 atom stereocenters. The quantitative estimate of drug-likeness (QED) is 0.0502. The number of carbonyl (C=O) groups excluding carboxylic acids is 1. The number of nitrogens with zero attached hydrogens (tertiary/aromatic N) is 1. The Hall–Kier alpha value is -5.16. The molecular weight excluding hydrogens is 705 g/mol. The molecule has 0 bridgehead atoms. The van der Waals surface area contributed by atoms with E-state index in [1.807, 2.05) is 60.7 Å². The van der Waals surface area contributed by atoms with Crippen molar-refractivity contribution >= 4 is 17.0 Å². The van der Waals surface area contributed by atoms with E-state index in [9.17, 15) is 19.8 Å². The molecule has 0 radical (unpaired) electrons. The summed E-state index contributed by atoms with van der Waals surface area (Å²) in [4.78, 5) is 30.0. The number of ether oxygens (including phenoxy) is 2. The van der Waals surface area contributed by atoms with Crippen molar-refractivity contribution in [1.82, 2.24) is 20.5 Å². The highest BCUT2D eigenvalue weighted by Gasteiger charge is 2.25. The fourth-order valence-corrected chi connectivity index (χ4v) is 7.44. The maximum atomic E-state index is 13.2. The number of phenols is 1. The first-order valence-electron chi connectivity index (χ1n) is 20.2. The number of rotatable bonds is 20. The number of hydrogen-bond acceptors (Lipinski definition) is 8. The standard InChI is InChI=1S/C46H56N4O6/c51-41-23-21-39(40-22-24-43(53)48-45(40)41)42(52)32-47-27-12-4-2-1-3-5-13-30-55-38-20-14-19-36(31-38)44(35-17-10-7-11-18-35)49-46(54)56-37-25-28-50(29-26-37)33-34-15-8-6-9-16-34/h6-11,14-24,31,37,42,44,47,51-52H,1-5,12-13,25-30,32-33H2,(H,48,53)(H,49,54). The Labute approximate surface area is 329 Å². The minimum Gasteiger partial charge on any atom is -0.506 e. The van der Waals surface area contributed by atoms with Crippen LogP contribution in [0.25, 0.3) is 10.9 Å². The summed E-state index contributed by atoms with van der Waals surface area (Å²) in [6.07, 6.45) is 8.08. The molecule has 5 aromatic rings. The number of aliphatic hydroxyl groups excluding tert-OH is 1. The van der Waals surface area contributed by atoms with E-state index in [-0.39, 0.29) is 23.5 Å². The Kier molecular flexibility index (Phi) is 15.4. The molecule has 0 spiro atoms.